The molecular weight excluding hydrogens is 351 g/mol. The highest BCUT2D eigenvalue weighted by Crippen LogP contribution is 2.11. The summed E-state index contributed by atoms with van der Waals surface area (Å²) >= 11 is 0. The maximum Gasteiger partial charge on any atom is 0.329 e. The number of hydrogen-bond acceptors (Lipinski definition) is 4. The van der Waals surface area contributed by atoms with Crippen molar-refractivity contribution in [2.24, 2.45) is 5.92 Å². The molecule has 0 aromatic heterocycles. The summed E-state index contributed by atoms with van der Waals surface area (Å²) in [5.41, 5.74) is 0.246. The lowest BCUT2D eigenvalue weighted by molar-refractivity contribution is -0.154. The van der Waals surface area contributed by atoms with Gasteiger partial charge in [0.2, 0.25) is 0 Å². The Morgan fingerprint density at radius 1 is 1.07 bits per heavy atom. The van der Waals surface area contributed by atoms with Crippen LogP contribution in [0.2, 0.25) is 0 Å². The smallest absolute Gasteiger partial charge is 0.329 e. The maximum atomic E-state index is 13.0. The van der Waals surface area contributed by atoms with Gasteiger partial charge in [-0.1, -0.05) is 26.7 Å². The van der Waals surface area contributed by atoms with Crippen molar-refractivity contribution in [2.45, 2.75) is 45.6 Å². The number of ether oxygens (including phenoxy) is 1. The highest BCUT2D eigenvalue weighted by atomic mass is 19.1. The number of nitrogens with zero attached hydrogens (tertiary/aromatic N) is 1. The topological polar surface area (TPSA) is 75.7 Å². The first-order valence-electron chi connectivity index (χ1n) is 9.39. The van der Waals surface area contributed by atoms with E-state index in [1.54, 1.807) is 18.7 Å². The van der Waals surface area contributed by atoms with E-state index < -0.39 is 23.7 Å². The summed E-state index contributed by atoms with van der Waals surface area (Å²) in [7, 11) is 0. The van der Waals surface area contributed by atoms with Gasteiger partial charge < -0.3 is 15.0 Å². The number of carbonyl (C=O) groups is 3. The Morgan fingerprint density at radius 2 is 1.67 bits per heavy atom. The fourth-order valence-corrected chi connectivity index (χ4v) is 2.96. The van der Waals surface area contributed by atoms with Crippen LogP contribution in [0.5, 0.6) is 0 Å². The quantitative estimate of drug-likeness (QED) is 0.772. The van der Waals surface area contributed by atoms with Gasteiger partial charge in [0.05, 0.1) is 0 Å². The van der Waals surface area contributed by atoms with Gasteiger partial charge in [-0.15, -0.1) is 0 Å². The number of esters is 1. The number of hydrogen-bond donors (Lipinski definition) is 1. The average molecular weight is 378 g/mol. The Kier molecular flexibility index (Phi) is 7.76. The van der Waals surface area contributed by atoms with Crippen LogP contribution in [0, 0.1) is 11.7 Å². The van der Waals surface area contributed by atoms with Crippen LogP contribution in [0.15, 0.2) is 24.3 Å². The van der Waals surface area contributed by atoms with E-state index in [9.17, 15) is 18.8 Å². The van der Waals surface area contributed by atoms with E-state index >= 15 is 0 Å². The van der Waals surface area contributed by atoms with Crippen molar-refractivity contribution >= 4 is 17.8 Å². The van der Waals surface area contributed by atoms with Gasteiger partial charge in [-0.3, -0.25) is 9.59 Å². The van der Waals surface area contributed by atoms with Crippen LogP contribution < -0.4 is 5.32 Å². The minimum atomic E-state index is -0.889. The molecule has 0 bridgehead atoms. The number of carbonyl (C=O) groups excluding carboxylic acids is 3. The molecule has 0 spiro atoms. The minimum Gasteiger partial charge on any atom is -0.454 e. The molecule has 7 heteroatoms. The van der Waals surface area contributed by atoms with Gasteiger partial charge in [0.25, 0.3) is 11.8 Å². The average Bonchev–Trinajstić information content (AvgIpc) is 2.93. The van der Waals surface area contributed by atoms with Crippen LogP contribution in [-0.2, 0) is 14.3 Å². The highest BCUT2D eigenvalue weighted by molar-refractivity contribution is 5.97. The first kappa shape index (κ1) is 20.9. The van der Waals surface area contributed by atoms with E-state index in [-0.39, 0.29) is 24.0 Å². The van der Waals surface area contributed by atoms with Crippen molar-refractivity contribution in [1.29, 1.82) is 0 Å². The van der Waals surface area contributed by atoms with Gasteiger partial charge in [-0.05, 0) is 43.0 Å². The molecule has 1 N–H and O–H groups in total. The van der Waals surface area contributed by atoms with Gasteiger partial charge in [0.1, 0.15) is 11.9 Å². The van der Waals surface area contributed by atoms with E-state index in [2.05, 4.69) is 5.32 Å². The first-order valence-corrected chi connectivity index (χ1v) is 9.39. The van der Waals surface area contributed by atoms with E-state index in [1.807, 2.05) is 0 Å². The predicted octanol–water partition coefficient (Wildman–Crippen LogP) is 2.53. The van der Waals surface area contributed by atoms with Crippen molar-refractivity contribution in [3.05, 3.63) is 35.6 Å². The molecule has 0 aliphatic carbocycles. The van der Waals surface area contributed by atoms with Crippen LogP contribution in [-0.4, -0.2) is 48.4 Å². The Bertz CT molecular complexity index is 652. The molecule has 1 atom stereocenters. The predicted molar refractivity (Wildman–Crippen MR) is 98.5 cm³/mol. The fourth-order valence-electron chi connectivity index (χ4n) is 2.96. The first-order chi connectivity index (χ1) is 12.9. The molecule has 1 unspecified atom stereocenters. The monoisotopic (exact) mass is 378 g/mol. The zero-order valence-electron chi connectivity index (χ0n) is 15.9. The molecule has 1 aromatic carbocycles. The van der Waals surface area contributed by atoms with Crippen LogP contribution in [0.4, 0.5) is 4.39 Å². The lowest BCUT2D eigenvalue weighted by atomic mass is 10.0. The number of likely N-dealkylation sites (tertiary alicyclic amines) is 1. The Balaban J connectivity index is 1.90. The summed E-state index contributed by atoms with van der Waals surface area (Å²) in [4.78, 5) is 38.6. The number of halogens is 1. The van der Waals surface area contributed by atoms with E-state index in [0.717, 1.165) is 25.7 Å². The Hall–Kier alpha value is -2.44. The number of benzene rings is 1. The molecule has 1 heterocycles. The zero-order chi connectivity index (χ0) is 19.8. The van der Waals surface area contributed by atoms with Gasteiger partial charge >= 0.3 is 5.97 Å². The van der Waals surface area contributed by atoms with Gasteiger partial charge in [-0.2, -0.15) is 0 Å². The standard InChI is InChI=1S/C20H27FN2O4/c1-14(2)18(22-19(25)15-7-9-16(21)10-8-15)20(26)27-13-17(24)23-11-5-3-4-6-12-23/h7-10,14,18H,3-6,11-13H2,1-2H3,(H,22,25). The van der Waals surface area contributed by atoms with Crippen LogP contribution in [0.3, 0.4) is 0 Å². The van der Waals surface area contributed by atoms with Crippen LogP contribution in [0.1, 0.15) is 49.9 Å². The molecule has 0 radical (unpaired) electrons. The van der Waals surface area contributed by atoms with Crippen LogP contribution >= 0.6 is 0 Å². The molecule has 2 rings (SSSR count). The summed E-state index contributed by atoms with van der Waals surface area (Å²) < 4.78 is 18.2. The number of amides is 2. The van der Waals surface area contributed by atoms with Gasteiger partial charge in [0.15, 0.2) is 6.61 Å². The van der Waals surface area contributed by atoms with Gasteiger partial charge in [0, 0.05) is 18.7 Å². The maximum absolute atomic E-state index is 13.0. The van der Waals surface area contributed by atoms with Crippen molar-refractivity contribution < 1.29 is 23.5 Å². The third-order valence-electron chi connectivity index (χ3n) is 4.61. The van der Waals surface area contributed by atoms with Crippen molar-refractivity contribution in [3.63, 3.8) is 0 Å². The number of nitrogens with one attached hydrogen (secondary N) is 1. The summed E-state index contributed by atoms with van der Waals surface area (Å²) in [6.07, 6.45) is 4.13. The van der Waals surface area contributed by atoms with E-state index in [0.29, 0.717) is 13.1 Å². The third-order valence-corrected chi connectivity index (χ3v) is 4.61. The molecular formula is C20H27FN2O4. The number of rotatable bonds is 6. The summed E-state index contributed by atoms with van der Waals surface area (Å²) in [5.74, 6) is -2.03. The zero-order valence-corrected chi connectivity index (χ0v) is 15.9. The molecule has 148 valence electrons. The van der Waals surface area contributed by atoms with E-state index in [1.165, 1.54) is 24.3 Å². The molecule has 1 aliphatic rings. The molecule has 6 nitrogen and oxygen atoms in total. The largest absolute Gasteiger partial charge is 0.454 e. The second kappa shape index (κ2) is 10.0. The molecule has 1 aliphatic heterocycles. The Morgan fingerprint density at radius 3 is 2.22 bits per heavy atom. The van der Waals surface area contributed by atoms with E-state index in [4.69, 9.17) is 4.74 Å². The SMILES string of the molecule is CC(C)C(NC(=O)c1ccc(F)cc1)C(=O)OCC(=O)N1CCCCCC1. The normalized spacial score (nSPS) is 15.8. The Labute approximate surface area is 159 Å². The minimum absolute atomic E-state index is 0.211. The second-order valence-corrected chi connectivity index (χ2v) is 7.10. The summed E-state index contributed by atoms with van der Waals surface area (Å²) in [5, 5.41) is 2.60. The van der Waals surface area contributed by atoms with Crippen molar-refractivity contribution in [3.8, 4) is 0 Å². The molecule has 1 saturated heterocycles. The molecule has 1 aromatic rings. The highest BCUT2D eigenvalue weighted by Gasteiger charge is 2.27. The molecule has 2 amide bonds. The fraction of sp³-hybridized carbons (Fsp3) is 0.550. The molecule has 1 fully saturated rings. The third kappa shape index (κ3) is 6.34. The van der Waals surface area contributed by atoms with Crippen LogP contribution in [0.25, 0.3) is 0 Å². The second-order valence-electron chi connectivity index (χ2n) is 7.10. The van der Waals surface area contributed by atoms with Gasteiger partial charge in [-0.25, -0.2) is 9.18 Å². The van der Waals surface area contributed by atoms with Crippen molar-refractivity contribution in [1.82, 2.24) is 10.2 Å². The summed E-state index contributed by atoms with van der Waals surface area (Å²) in [6, 6.07) is 4.15. The lowest BCUT2D eigenvalue weighted by Gasteiger charge is -2.23. The summed E-state index contributed by atoms with van der Waals surface area (Å²) in [6.45, 7) is 4.59. The molecule has 27 heavy (non-hydrogen) atoms. The molecule has 0 saturated carbocycles. The van der Waals surface area contributed by atoms with Crippen molar-refractivity contribution in [2.75, 3.05) is 19.7 Å². The lowest BCUT2D eigenvalue weighted by Crippen LogP contribution is -2.46.